The first-order valence-corrected chi connectivity index (χ1v) is 7.95. The number of rotatable bonds is 1. The fraction of sp³-hybridized carbons (Fsp3) is 0.533. The summed E-state index contributed by atoms with van der Waals surface area (Å²) in [5.41, 5.74) is 0.237. The van der Waals surface area contributed by atoms with Crippen LogP contribution in [-0.2, 0) is 4.74 Å². The molecular weight excluding hydrogens is 318 g/mol. The highest BCUT2D eigenvalue weighted by Gasteiger charge is 2.27. The molecule has 7 nitrogen and oxygen atoms in total. The van der Waals surface area contributed by atoms with Crippen molar-refractivity contribution >= 4 is 34.5 Å². The quantitative estimate of drug-likeness (QED) is 0.810. The third-order valence-electron chi connectivity index (χ3n) is 3.60. The molecule has 0 radical (unpaired) electrons. The molecule has 0 unspecified atom stereocenters. The van der Waals surface area contributed by atoms with Crippen LogP contribution in [-0.4, -0.2) is 57.7 Å². The van der Waals surface area contributed by atoms with Crippen molar-refractivity contribution in [2.75, 3.05) is 31.1 Å². The summed E-state index contributed by atoms with van der Waals surface area (Å²) in [7, 11) is 0. The zero-order valence-electron chi connectivity index (χ0n) is 13.5. The molecule has 1 aliphatic rings. The molecule has 0 bridgehead atoms. The van der Waals surface area contributed by atoms with E-state index in [1.54, 1.807) is 4.90 Å². The minimum absolute atomic E-state index is 0.213. The normalized spacial score (nSPS) is 16.0. The number of hydrogen-bond acceptors (Lipinski definition) is 5. The van der Waals surface area contributed by atoms with E-state index in [2.05, 4.69) is 19.9 Å². The Balaban J connectivity index is 1.71. The number of nitrogens with zero attached hydrogens (tertiary/aromatic N) is 4. The minimum atomic E-state index is -0.480. The maximum Gasteiger partial charge on any atom is 0.410 e. The van der Waals surface area contributed by atoms with Crippen LogP contribution < -0.4 is 4.90 Å². The standard InChI is InChI=1S/C15H20ClN5O2/c1-15(2,3)23-14(22)21-8-6-20(7-9-21)12-10-4-5-17-11(10)18-13(16)19-12/h4-5H,6-9H2,1-3H3,(H,17,18,19). The van der Waals surface area contributed by atoms with Crippen LogP contribution >= 0.6 is 11.6 Å². The second-order valence-corrected chi connectivity index (χ2v) is 6.85. The monoisotopic (exact) mass is 337 g/mol. The molecule has 2 aromatic rings. The van der Waals surface area contributed by atoms with Crippen LogP contribution in [0.15, 0.2) is 12.3 Å². The Morgan fingerprint density at radius 1 is 1.26 bits per heavy atom. The summed E-state index contributed by atoms with van der Waals surface area (Å²) in [4.78, 5) is 27.5. The summed E-state index contributed by atoms with van der Waals surface area (Å²) >= 11 is 6.00. The van der Waals surface area contributed by atoms with E-state index in [1.807, 2.05) is 33.0 Å². The van der Waals surface area contributed by atoms with Crippen molar-refractivity contribution < 1.29 is 9.53 Å². The lowest BCUT2D eigenvalue weighted by Crippen LogP contribution is -2.50. The minimum Gasteiger partial charge on any atom is -0.444 e. The van der Waals surface area contributed by atoms with Gasteiger partial charge in [-0.05, 0) is 38.4 Å². The van der Waals surface area contributed by atoms with E-state index in [0.717, 1.165) is 16.9 Å². The van der Waals surface area contributed by atoms with Crippen LogP contribution in [0.25, 0.3) is 11.0 Å². The summed E-state index contributed by atoms with van der Waals surface area (Å²) in [5, 5.41) is 1.14. The number of H-pyrrole nitrogens is 1. The molecule has 1 aliphatic heterocycles. The third kappa shape index (κ3) is 3.50. The van der Waals surface area contributed by atoms with Crippen molar-refractivity contribution in [2.45, 2.75) is 26.4 Å². The Morgan fingerprint density at radius 2 is 1.96 bits per heavy atom. The topological polar surface area (TPSA) is 74.3 Å². The van der Waals surface area contributed by atoms with Crippen LogP contribution in [0.1, 0.15) is 20.8 Å². The molecule has 23 heavy (non-hydrogen) atoms. The van der Waals surface area contributed by atoms with Gasteiger partial charge in [-0.15, -0.1) is 0 Å². The molecule has 1 N–H and O–H groups in total. The predicted molar refractivity (Wildman–Crippen MR) is 88.9 cm³/mol. The highest BCUT2D eigenvalue weighted by molar-refractivity contribution is 6.28. The van der Waals surface area contributed by atoms with Crippen molar-refractivity contribution in [1.29, 1.82) is 0 Å². The average Bonchev–Trinajstić information content (AvgIpc) is 2.93. The SMILES string of the molecule is CC(C)(C)OC(=O)N1CCN(c2nc(Cl)nc3[nH]ccc23)CC1. The number of aromatic amines is 1. The number of carbonyl (C=O) groups is 1. The molecule has 1 saturated heterocycles. The van der Waals surface area contributed by atoms with Gasteiger partial charge in [-0.2, -0.15) is 9.97 Å². The first-order chi connectivity index (χ1) is 10.8. The van der Waals surface area contributed by atoms with Gasteiger partial charge in [0, 0.05) is 32.4 Å². The zero-order valence-corrected chi connectivity index (χ0v) is 14.2. The molecule has 124 valence electrons. The number of carbonyl (C=O) groups excluding carboxylic acids is 1. The van der Waals surface area contributed by atoms with Crippen LogP contribution in [0.3, 0.4) is 0 Å². The Morgan fingerprint density at radius 3 is 2.61 bits per heavy atom. The van der Waals surface area contributed by atoms with E-state index in [9.17, 15) is 4.79 Å². The van der Waals surface area contributed by atoms with Crippen LogP contribution in [0.4, 0.5) is 10.6 Å². The van der Waals surface area contributed by atoms with E-state index >= 15 is 0 Å². The number of amides is 1. The van der Waals surface area contributed by atoms with Gasteiger partial charge in [0.2, 0.25) is 5.28 Å². The smallest absolute Gasteiger partial charge is 0.410 e. The highest BCUT2D eigenvalue weighted by atomic mass is 35.5. The van der Waals surface area contributed by atoms with Gasteiger partial charge < -0.3 is 19.5 Å². The number of aromatic nitrogens is 3. The van der Waals surface area contributed by atoms with Crippen molar-refractivity contribution in [3.8, 4) is 0 Å². The van der Waals surface area contributed by atoms with Crippen molar-refractivity contribution in [3.05, 3.63) is 17.5 Å². The lowest BCUT2D eigenvalue weighted by Gasteiger charge is -2.36. The third-order valence-corrected chi connectivity index (χ3v) is 3.77. The summed E-state index contributed by atoms with van der Waals surface area (Å²) in [6.07, 6.45) is 1.54. The number of piperazine rings is 1. The fourth-order valence-corrected chi connectivity index (χ4v) is 2.73. The van der Waals surface area contributed by atoms with E-state index in [-0.39, 0.29) is 11.4 Å². The summed E-state index contributed by atoms with van der Waals surface area (Å²) < 4.78 is 5.41. The van der Waals surface area contributed by atoms with Gasteiger partial charge in [-0.3, -0.25) is 0 Å². The maximum atomic E-state index is 12.1. The molecule has 2 aromatic heterocycles. The second-order valence-electron chi connectivity index (χ2n) is 6.51. The molecule has 3 heterocycles. The lowest BCUT2D eigenvalue weighted by molar-refractivity contribution is 0.0240. The number of ether oxygens (including phenoxy) is 1. The number of anilines is 1. The van der Waals surface area contributed by atoms with E-state index in [0.29, 0.717) is 26.2 Å². The van der Waals surface area contributed by atoms with Gasteiger partial charge in [0.15, 0.2) is 0 Å². The van der Waals surface area contributed by atoms with Gasteiger partial charge in [-0.1, -0.05) is 0 Å². The summed E-state index contributed by atoms with van der Waals surface area (Å²) in [5.74, 6) is 0.796. The van der Waals surface area contributed by atoms with Crippen LogP contribution in [0, 0.1) is 0 Å². The number of fused-ring (bicyclic) bond motifs is 1. The summed E-state index contributed by atoms with van der Waals surface area (Å²) in [6.45, 7) is 8.12. The van der Waals surface area contributed by atoms with E-state index < -0.39 is 5.60 Å². The molecule has 0 aliphatic carbocycles. The number of halogens is 1. The number of nitrogens with one attached hydrogen (secondary N) is 1. The Bertz CT molecular complexity index is 716. The van der Waals surface area contributed by atoms with Crippen molar-refractivity contribution in [3.63, 3.8) is 0 Å². The molecule has 0 atom stereocenters. The van der Waals surface area contributed by atoms with Gasteiger partial charge in [0.1, 0.15) is 17.1 Å². The zero-order chi connectivity index (χ0) is 16.6. The largest absolute Gasteiger partial charge is 0.444 e. The lowest BCUT2D eigenvalue weighted by atomic mass is 10.2. The average molecular weight is 338 g/mol. The highest BCUT2D eigenvalue weighted by Crippen LogP contribution is 2.25. The second kappa shape index (κ2) is 5.88. The fourth-order valence-electron chi connectivity index (χ4n) is 2.57. The first-order valence-electron chi connectivity index (χ1n) is 7.57. The predicted octanol–water partition coefficient (Wildman–Crippen LogP) is 2.67. The molecule has 0 aromatic carbocycles. The first kappa shape index (κ1) is 15.9. The van der Waals surface area contributed by atoms with Crippen molar-refractivity contribution in [2.24, 2.45) is 0 Å². The van der Waals surface area contributed by atoms with E-state index in [1.165, 1.54) is 0 Å². The molecule has 0 spiro atoms. The number of hydrogen-bond donors (Lipinski definition) is 1. The van der Waals surface area contributed by atoms with Crippen molar-refractivity contribution in [1.82, 2.24) is 19.9 Å². The van der Waals surface area contributed by atoms with Gasteiger partial charge in [0.05, 0.1) is 5.39 Å². The van der Waals surface area contributed by atoms with Crippen LogP contribution in [0.5, 0.6) is 0 Å². The molecule has 8 heteroatoms. The molecule has 1 fully saturated rings. The molecule has 0 saturated carbocycles. The molecular formula is C15H20ClN5O2. The molecule has 3 rings (SSSR count). The van der Waals surface area contributed by atoms with E-state index in [4.69, 9.17) is 16.3 Å². The van der Waals surface area contributed by atoms with Gasteiger partial charge in [0.25, 0.3) is 0 Å². The summed E-state index contributed by atoms with van der Waals surface area (Å²) in [6, 6.07) is 1.93. The molecule has 1 amide bonds. The van der Waals surface area contributed by atoms with Crippen LogP contribution in [0.2, 0.25) is 5.28 Å². The Kier molecular flexibility index (Phi) is 4.06. The Labute approximate surface area is 139 Å². The van der Waals surface area contributed by atoms with Gasteiger partial charge in [-0.25, -0.2) is 4.79 Å². The maximum absolute atomic E-state index is 12.1. The Hall–Kier alpha value is -2.02. The van der Waals surface area contributed by atoms with Gasteiger partial charge >= 0.3 is 6.09 Å².